The highest BCUT2D eigenvalue weighted by molar-refractivity contribution is 5.76. The van der Waals surface area contributed by atoms with E-state index >= 15 is 0 Å². The number of fused-ring (bicyclic) bond motifs is 1. The number of H-pyrrole nitrogens is 1. The Morgan fingerprint density at radius 2 is 2.05 bits per heavy atom. The van der Waals surface area contributed by atoms with Gasteiger partial charge < -0.3 is 15.0 Å². The van der Waals surface area contributed by atoms with Gasteiger partial charge in [-0.15, -0.1) is 0 Å². The molecular weight excluding hydrogens is 238 g/mol. The third kappa shape index (κ3) is 3.96. The average Bonchev–Trinajstić information content (AvgIpc) is 2.69. The first-order valence-corrected chi connectivity index (χ1v) is 6.93. The summed E-state index contributed by atoms with van der Waals surface area (Å²) in [4.78, 5) is 7.93. The van der Waals surface area contributed by atoms with E-state index in [1.807, 2.05) is 32.0 Å². The van der Waals surface area contributed by atoms with Crippen molar-refractivity contribution in [2.24, 2.45) is 0 Å². The maximum Gasteiger partial charge on any atom is 0.121 e. The van der Waals surface area contributed by atoms with Crippen molar-refractivity contribution in [1.82, 2.24) is 15.3 Å². The lowest BCUT2D eigenvalue weighted by molar-refractivity contribution is 0.242. The first-order valence-electron chi connectivity index (χ1n) is 6.93. The zero-order valence-corrected chi connectivity index (χ0v) is 12.2. The van der Waals surface area contributed by atoms with Gasteiger partial charge in [-0.2, -0.15) is 0 Å². The van der Waals surface area contributed by atoms with Crippen LogP contribution >= 0.6 is 0 Å². The molecule has 1 aromatic heterocycles. The molecule has 0 spiro atoms. The number of nitrogens with zero attached hydrogens (tertiary/aromatic N) is 1. The quantitative estimate of drug-likeness (QED) is 0.840. The summed E-state index contributed by atoms with van der Waals surface area (Å²) in [5, 5.41) is 3.39. The second-order valence-corrected chi connectivity index (χ2v) is 5.39. The normalized spacial score (nSPS) is 11.7. The van der Waals surface area contributed by atoms with E-state index in [1.54, 1.807) is 0 Å². The van der Waals surface area contributed by atoms with Crippen molar-refractivity contribution in [2.45, 2.75) is 46.3 Å². The van der Waals surface area contributed by atoms with Crippen LogP contribution in [0.4, 0.5) is 0 Å². The van der Waals surface area contributed by atoms with E-state index in [2.05, 4.69) is 29.1 Å². The molecule has 2 rings (SSSR count). The van der Waals surface area contributed by atoms with E-state index in [0.29, 0.717) is 6.04 Å². The molecule has 1 aromatic carbocycles. The molecule has 19 heavy (non-hydrogen) atoms. The summed E-state index contributed by atoms with van der Waals surface area (Å²) in [5.41, 5.74) is 2.04. The summed E-state index contributed by atoms with van der Waals surface area (Å²) in [7, 11) is 0. The molecule has 2 N–H and O–H groups in total. The number of hydrogen-bond acceptors (Lipinski definition) is 3. The van der Waals surface area contributed by atoms with Crippen molar-refractivity contribution in [3.05, 3.63) is 24.0 Å². The Labute approximate surface area is 114 Å². The zero-order chi connectivity index (χ0) is 13.8. The molecule has 0 radical (unpaired) electrons. The maximum absolute atomic E-state index is 5.68. The first kappa shape index (κ1) is 13.9. The lowest BCUT2D eigenvalue weighted by atomic mass is 10.3. The molecule has 2 aromatic rings. The van der Waals surface area contributed by atoms with Crippen LogP contribution in [0.25, 0.3) is 11.0 Å². The number of nitrogens with one attached hydrogen (secondary N) is 2. The molecular formula is C15H23N3O. The minimum Gasteiger partial charge on any atom is -0.491 e. The maximum atomic E-state index is 5.68. The van der Waals surface area contributed by atoms with Crippen molar-refractivity contribution < 1.29 is 4.74 Å². The molecule has 0 saturated heterocycles. The minimum absolute atomic E-state index is 0.190. The first-order chi connectivity index (χ1) is 9.04. The highest BCUT2D eigenvalue weighted by atomic mass is 16.5. The van der Waals surface area contributed by atoms with Crippen LogP contribution in [0.15, 0.2) is 18.2 Å². The predicted molar refractivity (Wildman–Crippen MR) is 78.7 cm³/mol. The van der Waals surface area contributed by atoms with Crippen LogP contribution in [0.5, 0.6) is 5.75 Å². The molecule has 104 valence electrons. The van der Waals surface area contributed by atoms with Gasteiger partial charge in [-0.25, -0.2) is 4.98 Å². The van der Waals surface area contributed by atoms with Gasteiger partial charge in [0, 0.05) is 25.1 Å². The van der Waals surface area contributed by atoms with Gasteiger partial charge in [0.05, 0.1) is 17.1 Å². The second kappa shape index (κ2) is 6.06. The van der Waals surface area contributed by atoms with Crippen LogP contribution < -0.4 is 10.1 Å². The van der Waals surface area contributed by atoms with Crippen molar-refractivity contribution in [3.63, 3.8) is 0 Å². The lowest BCUT2D eigenvalue weighted by Gasteiger charge is -2.08. The number of hydrogen-bond donors (Lipinski definition) is 2. The number of imidazole rings is 1. The van der Waals surface area contributed by atoms with Crippen LogP contribution in [0.2, 0.25) is 0 Å². The highest BCUT2D eigenvalue weighted by Gasteiger charge is 2.05. The minimum atomic E-state index is 0.190. The number of ether oxygens (including phenoxy) is 1. The summed E-state index contributed by atoms with van der Waals surface area (Å²) in [6.07, 6.45) is 1.10. The largest absolute Gasteiger partial charge is 0.491 e. The van der Waals surface area contributed by atoms with Crippen LogP contribution in [-0.4, -0.2) is 28.7 Å². The molecule has 0 aliphatic rings. The Kier molecular flexibility index (Phi) is 4.43. The lowest BCUT2D eigenvalue weighted by Crippen LogP contribution is -2.25. The SMILES string of the molecule is CC(C)NCCc1nc2ccc(OC(C)C)cc2[nH]1. The summed E-state index contributed by atoms with van der Waals surface area (Å²) < 4.78 is 5.68. The molecule has 0 atom stereocenters. The van der Waals surface area contributed by atoms with E-state index in [0.717, 1.165) is 35.6 Å². The summed E-state index contributed by atoms with van der Waals surface area (Å²) in [5.74, 6) is 1.91. The molecule has 4 nitrogen and oxygen atoms in total. The fraction of sp³-hybridized carbons (Fsp3) is 0.533. The van der Waals surface area contributed by atoms with Crippen LogP contribution in [0.3, 0.4) is 0 Å². The van der Waals surface area contributed by atoms with Crippen molar-refractivity contribution in [2.75, 3.05) is 6.54 Å². The predicted octanol–water partition coefficient (Wildman–Crippen LogP) is 2.89. The highest BCUT2D eigenvalue weighted by Crippen LogP contribution is 2.20. The molecule has 4 heteroatoms. The summed E-state index contributed by atoms with van der Waals surface area (Å²) in [6.45, 7) is 9.29. The van der Waals surface area contributed by atoms with Gasteiger partial charge in [0.1, 0.15) is 11.6 Å². The van der Waals surface area contributed by atoms with Crippen LogP contribution in [-0.2, 0) is 6.42 Å². The van der Waals surface area contributed by atoms with Gasteiger partial charge in [0.25, 0.3) is 0 Å². The van der Waals surface area contributed by atoms with Gasteiger partial charge >= 0.3 is 0 Å². The number of aromatic amines is 1. The Bertz CT molecular complexity index is 531. The Hall–Kier alpha value is -1.55. The van der Waals surface area contributed by atoms with Gasteiger partial charge in [-0.1, -0.05) is 13.8 Å². The van der Waals surface area contributed by atoms with E-state index in [-0.39, 0.29) is 6.10 Å². The van der Waals surface area contributed by atoms with Gasteiger partial charge in [-0.3, -0.25) is 0 Å². The smallest absolute Gasteiger partial charge is 0.121 e. The fourth-order valence-electron chi connectivity index (χ4n) is 1.98. The third-order valence-electron chi connectivity index (χ3n) is 2.79. The van der Waals surface area contributed by atoms with Crippen LogP contribution in [0, 0.1) is 0 Å². The van der Waals surface area contributed by atoms with Crippen molar-refractivity contribution >= 4 is 11.0 Å². The molecule has 0 fully saturated rings. The van der Waals surface area contributed by atoms with Crippen molar-refractivity contribution in [3.8, 4) is 5.75 Å². The number of rotatable bonds is 6. The van der Waals surface area contributed by atoms with E-state index in [1.165, 1.54) is 0 Å². The van der Waals surface area contributed by atoms with E-state index < -0.39 is 0 Å². The monoisotopic (exact) mass is 261 g/mol. The zero-order valence-electron chi connectivity index (χ0n) is 12.2. The fourth-order valence-corrected chi connectivity index (χ4v) is 1.98. The molecule has 0 aliphatic heterocycles. The molecule has 1 heterocycles. The van der Waals surface area contributed by atoms with E-state index in [9.17, 15) is 0 Å². The second-order valence-electron chi connectivity index (χ2n) is 5.39. The van der Waals surface area contributed by atoms with Crippen molar-refractivity contribution in [1.29, 1.82) is 0 Å². The number of benzene rings is 1. The third-order valence-corrected chi connectivity index (χ3v) is 2.79. The molecule has 0 unspecified atom stereocenters. The Morgan fingerprint density at radius 1 is 1.26 bits per heavy atom. The average molecular weight is 261 g/mol. The van der Waals surface area contributed by atoms with E-state index in [4.69, 9.17) is 4.74 Å². The Balaban J connectivity index is 2.07. The molecule has 0 aliphatic carbocycles. The molecule has 0 amide bonds. The summed E-state index contributed by atoms with van der Waals surface area (Å²) in [6, 6.07) is 6.50. The van der Waals surface area contributed by atoms with Gasteiger partial charge in [0.2, 0.25) is 0 Å². The Morgan fingerprint density at radius 3 is 2.74 bits per heavy atom. The van der Waals surface area contributed by atoms with Crippen LogP contribution in [0.1, 0.15) is 33.5 Å². The topological polar surface area (TPSA) is 49.9 Å². The molecule has 0 saturated carbocycles. The molecule has 0 bridgehead atoms. The van der Waals surface area contributed by atoms with Gasteiger partial charge in [-0.05, 0) is 26.0 Å². The van der Waals surface area contributed by atoms with Gasteiger partial charge in [0.15, 0.2) is 0 Å². The summed E-state index contributed by atoms with van der Waals surface area (Å²) >= 11 is 0. The standard InChI is InChI=1S/C15H23N3O/c1-10(2)16-8-7-15-17-13-6-5-12(19-11(3)4)9-14(13)18-15/h5-6,9-11,16H,7-8H2,1-4H3,(H,17,18). The number of aromatic nitrogens is 2.